The molecule has 1 aromatic heterocycles. The fourth-order valence-electron chi connectivity index (χ4n) is 4.56. The fraction of sp³-hybridized carbons (Fsp3) is 0.414. The first-order valence-electron chi connectivity index (χ1n) is 12.9. The monoisotopic (exact) mass is 570 g/mol. The van der Waals surface area contributed by atoms with Crippen LogP contribution in [0.2, 0.25) is 5.15 Å². The van der Waals surface area contributed by atoms with Crippen LogP contribution in [0.3, 0.4) is 0 Å². The number of hydrogen-bond acceptors (Lipinski definition) is 8. The van der Waals surface area contributed by atoms with Gasteiger partial charge in [-0.25, -0.2) is 9.97 Å². The molecular formula is C29H35ClN4O4S. The normalized spacial score (nSPS) is 17.1. The van der Waals surface area contributed by atoms with Gasteiger partial charge in [0.15, 0.2) is 16.7 Å². The summed E-state index contributed by atoms with van der Waals surface area (Å²) in [7, 11) is 5.24. The summed E-state index contributed by atoms with van der Waals surface area (Å²) in [5.74, 6) is 2.81. The number of carbonyl (C=O) groups excluding carboxylic acids is 1. The van der Waals surface area contributed by atoms with Crippen molar-refractivity contribution < 1.29 is 19.0 Å². The van der Waals surface area contributed by atoms with Gasteiger partial charge in [-0.05, 0) is 55.7 Å². The van der Waals surface area contributed by atoms with E-state index in [9.17, 15) is 4.79 Å². The lowest BCUT2D eigenvalue weighted by Crippen LogP contribution is -2.48. The minimum absolute atomic E-state index is 0.0289. The Bertz CT molecular complexity index is 1280. The van der Waals surface area contributed by atoms with Gasteiger partial charge in [0.05, 0.1) is 26.4 Å². The average Bonchev–Trinajstić information content (AvgIpc) is 2.93. The Morgan fingerprint density at radius 2 is 1.79 bits per heavy atom. The highest BCUT2D eigenvalue weighted by Crippen LogP contribution is 2.29. The Labute approximate surface area is 239 Å². The first-order chi connectivity index (χ1) is 18.7. The molecule has 10 heteroatoms. The van der Waals surface area contributed by atoms with E-state index < -0.39 is 0 Å². The number of thioether (sulfide) groups is 1. The lowest BCUT2D eigenvalue weighted by Gasteiger charge is -2.35. The van der Waals surface area contributed by atoms with Crippen molar-refractivity contribution in [3.05, 3.63) is 70.4 Å². The molecule has 4 rings (SSSR count). The summed E-state index contributed by atoms with van der Waals surface area (Å²) in [6.07, 6.45) is 0.855. The number of likely N-dealkylation sites (N-methyl/N-ethyl adjacent to an activating group) is 1. The van der Waals surface area contributed by atoms with Crippen molar-refractivity contribution in [3.63, 3.8) is 0 Å². The van der Waals surface area contributed by atoms with Gasteiger partial charge < -0.3 is 24.0 Å². The van der Waals surface area contributed by atoms with E-state index in [1.165, 1.54) is 11.8 Å². The number of methoxy groups -OCH3 is 2. The van der Waals surface area contributed by atoms with Crippen LogP contribution in [-0.2, 0) is 16.9 Å². The minimum Gasteiger partial charge on any atom is -0.493 e. The Balaban J connectivity index is 1.38. The number of rotatable bonds is 10. The summed E-state index contributed by atoms with van der Waals surface area (Å²) in [4.78, 5) is 26.2. The van der Waals surface area contributed by atoms with Crippen molar-refractivity contribution >= 4 is 35.1 Å². The van der Waals surface area contributed by atoms with Crippen molar-refractivity contribution in [3.8, 4) is 11.5 Å². The molecule has 2 aromatic carbocycles. The third-order valence-electron chi connectivity index (χ3n) is 6.48. The van der Waals surface area contributed by atoms with E-state index in [-0.39, 0.29) is 18.1 Å². The molecule has 39 heavy (non-hydrogen) atoms. The Morgan fingerprint density at radius 1 is 1.05 bits per heavy atom. The summed E-state index contributed by atoms with van der Waals surface area (Å²) < 4.78 is 16.5. The van der Waals surface area contributed by atoms with Crippen molar-refractivity contribution in [1.82, 2.24) is 14.9 Å². The second-order valence-electron chi connectivity index (χ2n) is 9.65. The quantitative estimate of drug-likeness (QED) is 0.183. The number of carbonyl (C=O) groups is 1. The second kappa shape index (κ2) is 13.4. The van der Waals surface area contributed by atoms with E-state index >= 15 is 0 Å². The molecule has 0 saturated carbocycles. The largest absolute Gasteiger partial charge is 0.493 e. The van der Waals surface area contributed by atoms with E-state index in [0.29, 0.717) is 46.2 Å². The first kappa shape index (κ1) is 29.0. The highest BCUT2D eigenvalue weighted by atomic mass is 35.5. The van der Waals surface area contributed by atoms with Crippen LogP contribution in [0.1, 0.15) is 35.3 Å². The molecule has 208 valence electrons. The van der Waals surface area contributed by atoms with Crippen LogP contribution in [0.25, 0.3) is 0 Å². The Kier molecular flexibility index (Phi) is 9.94. The van der Waals surface area contributed by atoms with Crippen LogP contribution in [-0.4, -0.2) is 73.9 Å². The Hall–Kier alpha value is -3.01. The summed E-state index contributed by atoms with van der Waals surface area (Å²) in [5.41, 5.74) is 2.83. The van der Waals surface area contributed by atoms with Gasteiger partial charge in [0.25, 0.3) is 5.91 Å². The third kappa shape index (κ3) is 7.77. The molecule has 3 aromatic rings. The molecular weight excluding hydrogens is 536 g/mol. The topological polar surface area (TPSA) is 77.0 Å². The van der Waals surface area contributed by atoms with Crippen LogP contribution in [0.5, 0.6) is 11.5 Å². The zero-order chi connectivity index (χ0) is 27.9. The molecule has 8 nitrogen and oxygen atoms in total. The zero-order valence-electron chi connectivity index (χ0n) is 23.0. The SMILES string of the molecule is COc1ccc(CCN(C)c2cc(Cl)nc(SCc3cccc(C(=O)N4CC(C)OC(C)C4)c3)n2)cc1OC. The minimum atomic E-state index is 0.0289. The van der Waals surface area contributed by atoms with Crippen LogP contribution < -0.4 is 14.4 Å². The van der Waals surface area contributed by atoms with E-state index in [1.54, 1.807) is 20.3 Å². The zero-order valence-corrected chi connectivity index (χ0v) is 24.6. The highest BCUT2D eigenvalue weighted by Gasteiger charge is 2.26. The lowest BCUT2D eigenvalue weighted by molar-refractivity contribution is -0.0586. The molecule has 1 aliphatic rings. The van der Waals surface area contributed by atoms with Crippen molar-refractivity contribution in [2.75, 3.05) is 45.8 Å². The average molecular weight is 571 g/mol. The number of benzene rings is 2. The number of hydrogen-bond donors (Lipinski definition) is 0. The third-order valence-corrected chi connectivity index (χ3v) is 7.60. The van der Waals surface area contributed by atoms with E-state index in [4.69, 9.17) is 30.8 Å². The summed E-state index contributed by atoms with van der Waals surface area (Å²) in [6, 6.07) is 15.4. The van der Waals surface area contributed by atoms with E-state index in [0.717, 1.165) is 29.9 Å². The molecule has 1 fully saturated rings. The van der Waals surface area contributed by atoms with E-state index in [2.05, 4.69) is 9.88 Å². The van der Waals surface area contributed by atoms with Gasteiger partial charge in [0.1, 0.15) is 11.0 Å². The van der Waals surface area contributed by atoms with Crippen LogP contribution in [0, 0.1) is 0 Å². The van der Waals surface area contributed by atoms with Crippen LogP contribution >= 0.6 is 23.4 Å². The molecule has 2 atom stereocenters. The predicted octanol–water partition coefficient (Wildman–Crippen LogP) is 5.37. The molecule has 0 radical (unpaired) electrons. The lowest BCUT2D eigenvalue weighted by atomic mass is 10.1. The number of ether oxygens (including phenoxy) is 3. The number of halogens is 1. The molecule has 0 bridgehead atoms. The van der Waals surface area contributed by atoms with Gasteiger partial charge >= 0.3 is 0 Å². The maximum absolute atomic E-state index is 13.1. The van der Waals surface area contributed by atoms with Gasteiger partial charge in [-0.15, -0.1) is 0 Å². The molecule has 0 N–H and O–H groups in total. The molecule has 1 saturated heterocycles. The number of nitrogens with zero attached hydrogens (tertiary/aromatic N) is 4. The van der Waals surface area contributed by atoms with Gasteiger partial charge in [0.2, 0.25) is 0 Å². The predicted molar refractivity (Wildman–Crippen MR) is 155 cm³/mol. The summed E-state index contributed by atoms with van der Waals surface area (Å²) >= 11 is 7.85. The van der Waals surface area contributed by atoms with Crippen molar-refractivity contribution in [1.29, 1.82) is 0 Å². The number of aromatic nitrogens is 2. The fourth-order valence-corrected chi connectivity index (χ4v) is 5.59. The highest BCUT2D eigenvalue weighted by molar-refractivity contribution is 7.98. The second-order valence-corrected chi connectivity index (χ2v) is 11.0. The van der Waals surface area contributed by atoms with Crippen molar-refractivity contribution in [2.24, 2.45) is 0 Å². The number of anilines is 1. The van der Waals surface area contributed by atoms with Gasteiger partial charge in [-0.3, -0.25) is 4.79 Å². The first-order valence-corrected chi connectivity index (χ1v) is 14.2. The van der Waals surface area contributed by atoms with Crippen LogP contribution in [0.4, 0.5) is 5.82 Å². The summed E-state index contributed by atoms with van der Waals surface area (Å²) in [6.45, 7) is 5.92. The molecule has 2 heterocycles. The standard InChI is InChI=1S/C29H35ClN4O4S/c1-19-16-34(17-20(2)38-19)28(35)23-8-6-7-22(13-23)18-39-29-31-26(30)15-27(32-29)33(3)12-11-21-9-10-24(36-4)25(14-21)37-5/h6-10,13-15,19-20H,11-12,16-18H2,1-5H3. The smallest absolute Gasteiger partial charge is 0.254 e. The van der Waals surface area contributed by atoms with E-state index in [1.807, 2.05) is 68.3 Å². The molecule has 0 spiro atoms. The summed E-state index contributed by atoms with van der Waals surface area (Å²) in [5, 5.41) is 0.975. The van der Waals surface area contributed by atoms with Gasteiger partial charge in [0, 0.05) is 44.1 Å². The number of amides is 1. The maximum Gasteiger partial charge on any atom is 0.254 e. The molecule has 1 aliphatic heterocycles. The van der Waals surface area contributed by atoms with Gasteiger partial charge in [-0.1, -0.05) is 41.6 Å². The molecule has 1 amide bonds. The number of morpholine rings is 1. The molecule has 0 aliphatic carbocycles. The maximum atomic E-state index is 13.1. The molecule has 2 unspecified atom stereocenters. The Morgan fingerprint density at radius 3 is 2.51 bits per heavy atom. The van der Waals surface area contributed by atoms with Crippen molar-refractivity contribution in [2.45, 2.75) is 43.4 Å². The van der Waals surface area contributed by atoms with Gasteiger partial charge in [-0.2, -0.15) is 0 Å². The van der Waals surface area contributed by atoms with Crippen LogP contribution in [0.15, 0.2) is 53.7 Å².